The van der Waals surface area contributed by atoms with Crippen LogP contribution in [0, 0.1) is 0 Å². The van der Waals surface area contributed by atoms with Crippen molar-refractivity contribution in [1.82, 2.24) is 9.88 Å². The van der Waals surface area contributed by atoms with E-state index in [0.717, 1.165) is 38.4 Å². The molecule has 0 spiro atoms. The van der Waals surface area contributed by atoms with Crippen molar-refractivity contribution in [2.24, 2.45) is 0 Å². The van der Waals surface area contributed by atoms with Crippen LogP contribution in [0.5, 0.6) is 0 Å². The van der Waals surface area contributed by atoms with Gasteiger partial charge in [-0.1, -0.05) is 37.3 Å². The second kappa shape index (κ2) is 6.06. The van der Waals surface area contributed by atoms with Crippen molar-refractivity contribution in [2.75, 3.05) is 11.9 Å². The average molecular weight is 267 g/mol. The van der Waals surface area contributed by atoms with Crippen LogP contribution in [0.15, 0.2) is 42.6 Å². The van der Waals surface area contributed by atoms with Gasteiger partial charge in [0.15, 0.2) is 0 Å². The largest absolute Gasteiger partial charge is 0.370 e. The Morgan fingerprint density at radius 1 is 1.10 bits per heavy atom. The molecule has 0 saturated heterocycles. The van der Waals surface area contributed by atoms with Gasteiger partial charge in [0.25, 0.3) is 0 Å². The number of anilines is 1. The summed E-state index contributed by atoms with van der Waals surface area (Å²) in [6.07, 6.45) is 2.98. The van der Waals surface area contributed by atoms with Gasteiger partial charge in [0.1, 0.15) is 5.82 Å². The molecule has 2 heterocycles. The molecule has 0 bridgehead atoms. The number of aromatic nitrogens is 1. The molecule has 0 saturated carbocycles. The Balaban J connectivity index is 1.70. The molecule has 0 radical (unpaired) electrons. The molecule has 3 rings (SSSR count). The van der Waals surface area contributed by atoms with Crippen LogP contribution in [0.1, 0.15) is 30.0 Å². The van der Waals surface area contributed by atoms with Gasteiger partial charge < -0.3 is 5.32 Å². The van der Waals surface area contributed by atoms with Crippen LogP contribution < -0.4 is 5.32 Å². The topological polar surface area (TPSA) is 28.2 Å². The van der Waals surface area contributed by atoms with Crippen LogP contribution in [0.3, 0.4) is 0 Å². The zero-order valence-corrected chi connectivity index (χ0v) is 12.0. The third-order valence-corrected chi connectivity index (χ3v) is 3.73. The number of fused-ring (bicyclic) bond motifs is 1. The van der Waals surface area contributed by atoms with Gasteiger partial charge in [-0.05, 0) is 23.6 Å². The summed E-state index contributed by atoms with van der Waals surface area (Å²) in [7, 11) is 0. The first-order valence-electron chi connectivity index (χ1n) is 7.33. The first-order valence-corrected chi connectivity index (χ1v) is 7.33. The summed E-state index contributed by atoms with van der Waals surface area (Å²) in [5.41, 5.74) is 4.20. The minimum Gasteiger partial charge on any atom is -0.370 e. The fraction of sp³-hybridized carbons (Fsp3) is 0.353. The molecule has 0 fully saturated rings. The fourth-order valence-corrected chi connectivity index (χ4v) is 2.73. The first-order chi connectivity index (χ1) is 9.86. The van der Waals surface area contributed by atoms with Crippen molar-refractivity contribution < 1.29 is 0 Å². The molecule has 0 aliphatic carbocycles. The quantitative estimate of drug-likeness (QED) is 0.899. The summed E-state index contributed by atoms with van der Waals surface area (Å²) in [6, 6.07) is 12.9. The van der Waals surface area contributed by atoms with Gasteiger partial charge in [0.2, 0.25) is 0 Å². The second-order valence-electron chi connectivity index (χ2n) is 5.35. The fourth-order valence-electron chi connectivity index (χ4n) is 2.73. The Kier molecular flexibility index (Phi) is 3.97. The van der Waals surface area contributed by atoms with Crippen molar-refractivity contribution in [3.63, 3.8) is 0 Å². The van der Waals surface area contributed by atoms with Crippen molar-refractivity contribution in [2.45, 2.75) is 33.0 Å². The number of rotatable bonds is 5. The molecule has 0 unspecified atom stereocenters. The maximum absolute atomic E-state index is 4.47. The van der Waals surface area contributed by atoms with Gasteiger partial charge in [-0.2, -0.15) is 0 Å². The van der Waals surface area contributed by atoms with Crippen LogP contribution >= 0.6 is 0 Å². The summed E-state index contributed by atoms with van der Waals surface area (Å²) >= 11 is 0. The van der Waals surface area contributed by atoms with Gasteiger partial charge in [-0.15, -0.1) is 0 Å². The molecule has 1 aromatic heterocycles. The number of benzene rings is 1. The number of nitrogens with zero attached hydrogens (tertiary/aromatic N) is 2. The smallest absolute Gasteiger partial charge is 0.130 e. The maximum atomic E-state index is 4.47. The summed E-state index contributed by atoms with van der Waals surface area (Å²) in [5.74, 6) is 1.03. The van der Waals surface area contributed by atoms with Crippen molar-refractivity contribution >= 4 is 5.82 Å². The van der Waals surface area contributed by atoms with Crippen LogP contribution in [0.4, 0.5) is 5.82 Å². The SMILES string of the molecule is CCCNc1ncccc1CN1Cc2ccccc2C1. The molecular weight excluding hydrogens is 246 g/mol. The lowest BCUT2D eigenvalue weighted by molar-refractivity contribution is 0.275. The highest BCUT2D eigenvalue weighted by atomic mass is 15.1. The normalized spacial score (nSPS) is 14.2. The van der Waals surface area contributed by atoms with Gasteiger partial charge >= 0.3 is 0 Å². The first kappa shape index (κ1) is 13.1. The van der Waals surface area contributed by atoms with E-state index in [1.54, 1.807) is 0 Å². The zero-order chi connectivity index (χ0) is 13.8. The van der Waals surface area contributed by atoms with E-state index < -0.39 is 0 Å². The van der Waals surface area contributed by atoms with Crippen LogP contribution in [0.2, 0.25) is 0 Å². The average Bonchev–Trinajstić information content (AvgIpc) is 2.88. The number of hydrogen-bond donors (Lipinski definition) is 1. The molecule has 2 aromatic rings. The lowest BCUT2D eigenvalue weighted by Gasteiger charge is -2.17. The number of pyridine rings is 1. The highest BCUT2D eigenvalue weighted by Gasteiger charge is 2.19. The Bertz CT molecular complexity index is 555. The molecule has 3 nitrogen and oxygen atoms in total. The van der Waals surface area contributed by atoms with E-state index in [0.29, 0.717) is 0 Å². The van der Waals surface area contributed by atoms with E-state index in [1.807, 2.05) is 12.3 Å². The van der Waals surface area contributed by atoms with E-state index in [-0.39, 0.29) is 0 Å². The Hall–Kier alpha value is -1.87. The lowest BCUT2D eigenvalue weighted by Crippen LogP contribution is -2.17. The molecule has 1 aliphatic rings. The monoisotopic (exact) mass is 267 g/mol. The third-order valence-electron chi connectivity index (χ3n) is 3.73. The molecular formula is C17H21N3. The van der Waals surface area contributed by atoms with Crippen LogP contribution in [-0.4, -0.2) is 16.4 Å². The Morgan fingerprint density at radius 2 is 1.85 bits per heavy atom. The molecule has 0 amide bonds. The van der Waals surface area contributed by atoms with E-state index in [1.165, 1.54) is 16.7 Å². The minimum absolute atomic E-state index is 0.953. The molecule has 1 aliphatic heterocycles. The molecule has 104 valence electrons. The minimum atomic E-state index is 0.953. The number of hydrogen-bond acceptors (Lipinski definition) is 3. The van der Waals surface area contributed by atoms with E-state index >= 15 is 0 Å². The third kappa shape index (κ3) is 2.83. The summed E-state index contributed by atoms with van der Waals surface area (Å²) in [5, 5.41) is 3.42. The summed E-state index contributed by atoms with van der Waals surface area (Å²) in [4.78, 5) is 6.94. The molecule has 1 N–H and O–H groups in total. The van der Waals surface area contributed by atoms with E-state index in [9.17, 15) is 0 Å². The second-order valence-corrected chi connectivity index (χ2v) is 5.35. The van der Waals surface area contributed by atoms with Gasteiger partial charge in [-0.25, -0.2) is 4.98 Å². The van der Waals surface area contributed by atoms with Crippen molar-refractivity contribution in [1.29, 1.82) is 0 Å². The van der Waals surface area contributed by atoms with Gasteiger partial charge in [0, 0.05) is 37.9 Å². The molecule has 20 heavy (non-hydrogen) atoms. The predicted molar refractivity (Wildman–Crippen MR) is 82.4 cm³/mol. The van der Waals surface area contributed by atoms with Crippen LogP contribution in [0.25, 0.3) is 0 Å². The standard InChI is InChI=1S/C17H21N3/c1-2-9-18-17-16(8-5-10-19-17)13-20-11-14-6-3-4-7-15(14)12-20/h3-8,10H,2,9,11-13H2,1H3,(H,18,19). The molecule has 3 heteroatoms. The predicted octanol–water partition coefficient (Wildman–Crippen LogP) is 3.42. The molecule has 0 atom stereocenters. The lowest BCUT2D eigenvalue weighted by atomic mass is 10.1. The summed E-state index contributed by atoms with van der Waals surface area (Å²) < 4.78 is 0. The van der Waals surface area contributed by atoms with E-state index in [2.05, 4.69) is 52.5 Å². The van der Waals surface area contributed by atoms with Crippen LogP contribution in [-0.2, 0) is 19.6 Å². The Labute approximate surface area is 120 Å². The van der Waals surface area contributed by atoms with Crippen molar-refractivity contribution in [3.05, 3.63) is 59.3 Å². The zero-order valence-electron chi connectivity index (χ0n) is 12.0. The van der Waals surface area contributed by atoms with Crippen molar-refractivity contribution in [3.8, 4) is 0 Å². The van der Waals surface area contributed by atoms with Gasteiger partial charge in [-0.3, -0.25) is 4.90 Å². The maximum Gasteiger partial charge on any atom is 0.130 e. The van der Waals surface area contributed by atoms with E-state index in [4.69, 9.17) is 0 Å². The molecule has 1 aromatic carbocycles. The van der Waals surface area contributed by atoms with Gasteiger partial charge in [0.05, 0.1) is 0 Å². The highest BCUT2D eigenvalue weighted by Crippen LogP contribution is 2.25. The summed E-state index contributed by atoms with van der Waals surface area (Å²) in [6.45, 7) is 6.18. The highest BCUT2D eigenvalue weighted by molar-refractivity contribution is 5.44. The Morgan fingerprint density at radius 3 is 2.55 bits per heavy atom. The number of nitrogens with one attached hydrogen (secondary N) is 1.